The van der Waals surface area contributed by atoms with Gasteiger partial charge >= 0.3 is 0 Å². The second-order valence-electron chi connectivity index (χ2n) is 5.50. The molecule has 0 spiro atoms. The molecule has 1 aromatic rings. The summed E-state index contributed by atoms with van der Waals surface area (Å²) in [6.07, 6.45) is 3.60. The van der Waals surface area contributed by atoms with Gasteiger partial charge in [0.15, 0.2) is 11.6 Å². The van der Waals surface area contributed by atoms with Crippen LogP contribution in [-0.2, 0) is 10.0 Å². The standard InChI is InChI=1S/C13H16F2N2O2S.ClH/c14-12-4-3-11(7-13(12)15)20(18,19)17-10-5-8-1-2-9(6-10)16-8;/h3-4,7-10,16-17H,1-2,5-6H2;1H. The lowest BCUT2D eigenvalue weighted by Crippen LogP contribution is -2.47. The summed E-state index contributed by atoms with van der Waals surface area (Å²) in [6, 6.07) is 3.18. The van der Waals surface area contributed by atoms with E-state index in [1.165, 1.54) is 0 Å². The molecule has 0 radical (unpaired) electrons. The Labute approximate surface area is 128 Å². The van der Waals surface area contributed by atoms with Crippen molar-refractivity contribution in [3.05, 3.63) is 29.8 Å². The summed E-state index contributed by atoms with van der Waals surface area (Å²) in [4.78, 5) is -0.234. The predicted molar refractivity (Wildman–Crippen MR) is 76.9 cm³/mol. The summed E-state index contributed by atoms with van der Waals surface area (Å²) in [5.41, 5.74) is 0. The summed E-state index contributed by atoms with van der Waals surface area (Å²) in [6.45, 7) is 0. The van der Waals surface area contributed by atoms with Crippen molar-refractivity contribution in [3.8, 4) is 0 Å². The van der Waals surface area contributed by atoms with Crippen LogP contribution in [0.5, 0.6) is 0 Å². The van der Waals surface area contributed by atoms with E-state index >= 15 is 0 Å². The maximum Gasteiger partial charge on any atom is 0.240 e. The molecule has 2 aliphatic heterocycles. The molecular formula is C13H17ClF2N2O2S. The molecule has 0 aromatic heterocycles. The van der Waals surface area contributed by atoms with Crippen LogP contribution in [0.15, 0.2) is 23.1 Å². The Hall–Kier alpha value is -0.760. The van der Waals surface area contributed by atoms with Crippen LogP contribution in [0.3, 0.4) is 0 Å². The van der Waals surface area contributed by atoms with Gasteiger partial charge in [0.2, 0.25) is 10.0 Å². The number of benzene rings is 1. The Morgan fingerprint density at radius 1 is 1.10 bits per heavy atom. The topological polar surface area (TPSA) is 58.2 Å². The highest BCUT2D eigenvalue weighted by Gasteiger charge is 2.35. The predicted octanol–water partition coefficient (Wildman–Crippen LogP) is 1.95. The number of halogens is 3. The van der Waals surface area contributed by atoms with Crippen molar-refractivity contribution in [2.24, 2.45) is 0 Å². The smallest absolute Gasteiger partial charge is 0.240 e. The molecule has 3 rings (SSSR count). The monoisotopic (exact) mass is 338 g/mol. The fraction of sp³-hybridized carbons (Fsp3) is 0.538. The molecule has 118 valence electrons. The molecule has 2 bridgehead atoms. The summed E-state index contributed by atoms with van der Waals surface area (Å²) in [5.74, 6) is -2.21. The van der Waals surface area contributed by atoms with Crippen LogP contribution in [0.25, 0.3) is 0 Å². The zero-order valence-electron chi connectivity index (χ0n) is 11.2. The highest BCUT2D eigenvalue weighted by molar-refractivity contribution is 7.89. The average Bonchev–Trinajstić information content (AvgIpc) is 2.71. The van der Waals surface area contributed by atoms with E-state index in [0.717, 1.165) is 37.8 Å². The molecule has 0 saturated carbocycles. The van der Waals surface area contributed by atoms with E-state index < -0.39 is 21.7 Å². The van der Waals surface area contributed by atoms with E-state index in [1.54, 1.807) is 0 Å². The summed E-state index contributed by atoms with van der Waals surface area (Å²) in [5, 5.41) is 3.42. The van der Waals surface area contributed by atoms with Gasteiger partial charge in [-0.05, 0) is 43.9 Å². The molecule has 8 heteroatoms. The second-order valence-corrected chi connectivity index (χ2v) is 7.22. The normalized spacial score (nSPS) is 28.2. The minimum Gasteiger partial charge on any atom is -0.311 e. The van der Waals surface area contributed by atoms with Crippen molar-refractivity contribution < 1.29 is 17.2 Å². The molecule has 0 aliphatic carbocycles. The molecule has 2 aliphatic rings. The van der Waals surface area contributed by atoms with Gasteiger partial charge in [0.1, 0.15) is 0 Å². The van der Waals surface area contributed by atoms with Crippen LogP contribution in [0, 0.1) is 11.6 Å². The quantitative estimate of drug-likeness (QED) is 0.885. The average molecular weight is 339 g/mol. The molecule has 0 amide bonds. The first kappa shape index (κ1) is 16.6. The lowest BCUT2D eigenvalue weighted by molar-refractivity contribution is 0.345. The Balaban J connectivity index is 0.00000161. The van der Waals surface area contributed by atoms with Gasteiger partial charge in [-0.1, -0.05) is 0 Å². The minimum absolute atomic E-state index is 0. The van der Waals surface area contributed by atoms with Crippen LogP contribution in [0.1, 0.15) is 25.7 Å². The van der Waals surface area contributed by atoms with E-state index in [2.05, 4.69) is 10.0 Å². The lowest BCUT2D eigenvalue weighted by Gasteiger charge is -2.29. The number of piperidine rings is 1. The fourth-order valence-corrected chi connectivity index (χ4v) is 4.36. The molecule has 2 heterocycles. The molecule has 2 unspecified atom stereocenters. The molecule has 2 N–H and O–H groups in total. The van der Waals surface area contributed by atoms with Crippen LogP contribution < -0.4 is 10.0 Å². The summed E-state index contributed by atoms with van der Waals surface area (Å²) >= 11 is 0. The number of rotatable bonds is 3. The van der Waals surface area contributed by atoms with Gasteiger partial charge < -0.3 is 5.32 Å². The van der Waals surface area contributed by atoms with Crippen LogP contribution in [0.4, 0.5) is 8.78 Å². The molecule has 21 heavy (non-hydrogen) atoms. The van der Waals surface area contributed by atoms with E-state index in [-0.39, 0.29) is 23.3 Å². The van der Waals surface area contributed by atoms with Crippen molar-refractivity contribution in [2.75, 3.05) is 0 Å². The van der Waals surface area contributed by atoms with Crippen molar-refractivity contribution in [3.63, 3.8) is 0 Å². The molecule has 4 nitrogen and oxygen atoms in total. The first-order chi connectivity index (χ1) is 9.44. The highest BCUT2D eigenvalue weighted by Crippen LogP contribution is 2.27. The van der Waals surface area contributed by atoms with E-state index in [4.69, 9.17) is 0 Å². The van der Waals surface area contributed by atoms with E-state index in [9.17, 15) is 17.2 Å². The SMILES string of the molecule is Cl.O=S(=O)(NC1CC2CCC(C1)N2)c1ccc(F)c(F)c1. The van der Waals surface area contributed by atoms with Gasteiger partial charge in [0, 0.05) is 18.1 Å². The summed E-state index contributed by atoms with van der Waals surface area (Å²) in [7, 11) is -3.80. The second kappa shape index (κ2) is 6.16. The van der Waals surface area contributed by atoms with E-state index in [1.807, 2.05) is 0 Å². The first-order valence-corrected chi connectivity index (χ1v) is 8.16. The Morgan fingerprint density at radius 3 is 2.29 bits per heavy atom. The third-order valence-corrected chi connectivity index (χ3v) is 5.51. The van der Waals surface area contributed by atoms with Gasteiger partial charge in [0.05, 0.1) is 4.90 Å². The third kappa shape index (κ3) is 3.53. The van der Waals surface area contributed by atoms with Crippen LogP contribution >= 0.6 is 12.4 Å². The number of sulfonamides is 1. The van der Waals surface area contributed by atoms with Gasteiger partial charge in [-0.25, -0.2) is 21.9 Å². The number of nitrogens with one attached hydrogen (secondary N) is 2. The Bertz CT molecular complexity index is 615. The molecular weight excluding hydrogens is 322 g/mol. The van der Waals surface area contributed by atoms with Gasteiger partial charge in [0.25, 0.3) is 0 Å². The first-order valence-electron chi connectivity index (χ1n) is 6.67. The van der Waals surface area contributed by atoms with Crippen LogP contribution in [-0.4, -0.2) is 26.5 Å². The van der Waals surface area contributed by atoms with Gasteiger partial charge in [-0.2, -0.15) is 0 Å². The summed E-state index contributed by atoms with van der Waals surface area (Å²) < 4.78 is 53.0. The maximum absolute atomic E-state index is 13.1. The highest BCUT2D eigenvalue weighted by atomic mass is 35.5. The van der Waals surface area contributed by atoms with Crippen molar-refractivity contribution in [1.29, 1.82) is 0 Å². The van der Waals surface area contributed by atoms with Crippen molar-refractivity contribution in [2.45, 2.75) is 48.7 Å². The van der Waals surface area contributed by atoms with Gasteiger partial charge in [-0.3, -0.25) is 0 Å². The number of hydrogen-bond donors (Lipinski definition) is 2. The maximum atomic E-state index is 13.1. The largest absolute Gasteiger partial charge is 0.311 e. The number of fused-ring (bicyclic) bond motifs is 2. The van der Waals surface area contributed by atoms with E-state index in [0.29, 0.717) is 18.2 Å². The Morgan fingerprint density at radius 2 is 1.71 bits per heavy atom. The zero-order valence-corrected chi connectivity index (χ0v) is 12.8. The van der Waals surface area contributed by atoms with Crippen molar-refractivity contribution in [1.82, 2.24) is 10.0 Å². The molecule has 2 atom stereocenters. The molecule has 1 aromatic carbocycles. The van der Waals surface area contributed by atoms with Crippen molar-refractivity contribution >= 4 is 22.4 Å². The fourth-order valence-electron chi connectivity index (χ4n) is 3.08. The van der Waals surface area contributed by atoms with Crippen LogP contribution in [0.2, 0.25) is 0 Å². The lowest BCUT2D eigenvalue weighted by atomic mass is 10.0. The third-order valence-electron chi connectivity index (χ3n) is 4.00. The Kier molecular flexibility index (Phi) is 4.87. The number of hydrogen-bond acceptors (Lipinski definition) is 3. The zero-order chi connectivity index (χ0) is 14.3. The minimum atomic E-state index is -3.80. The molecule has 2 fully saturated rings. The molecule has 2 saturated heterocycles. The van der Waals surface area contributed by atoms with Gasteiger partial charge in [-0.15, -0.1) is 12.4 Å².